The van der Waals surface area contributed by atoms with Crippen molar-refractivity contribution >= 4 is 17.5 Å². The van der Waals surface area contributed by atoms with Crippen molar-refractivity contribution in [3.63, 3.8) is 0 Å². The van der Waals surface area contributed by atoms with E-state index in [-0.39, 0.29) is 11.1 Å². The summed E-state index contributed by atoms with van der Waals surface area (Å²) < 4.78 is 0. The number of amides is 1. The van der Waals surface area contributed by atoms with Gasteiger partial charge in [-0.05, 0) is 18.3 Å². The van der Waals surface area contributed by atoms with E-state index < -0.39 is 0 Å². The number of likely N-dealkylation sites (tertiary alicyclic amines) is 1. The van der Waals surface area contributed by atoms with Crippen LogP contribution in [0.2, 0.25) is 5.15 Å². The number of halogens is 1. The maximum absolute atomic E-state index is 12.2. The van der Waals surface area contributed by atoms with Crippen molar-refractivity contribution in [2.45, 2.75) is 20.3 Å². The Morgan fingerprint density at radius 2 is 2.00 bits per heavy atom. The molecule has 0 spiro atoms. The van der Waals surface area contributed by atoms with E-state index in [1.165, 1.54) is 18.8 Å². The van der Waals surface area contributed by atoms with E-state index in [1.54, 1.807) is 0 Å². The zero-order valence-electron chi connectivity index (χ0n) is 10.1. The van der Waals surface area contributed by atoms with Gasteiger partial charge in [0.15, 0.2) is 0 Å². The topological polar surface area (TPSA) is 46.1 Å². The van der Waals surface area contributed by atoms with Gasteiger partial charge in [-0.15, -0.1) is 0 Å². The lowest BCUT2D eigenvalue weighted by atomic mass is 9.92. The van der Waals surface area contributed by atoms with Crippen LogP contribution in [0.1, 0.15) is 30.8 Å². The van der Waals surface area contributed by atoms with Crippen molar-refractivity contribution in [1.82, 2.24) is 14.9 Å². The van der Waals surface area contributed by atoms with Crippen LogP contribution in [-0.4, -0.2) is 33.9 Å². The molecule has 0 radical (unpaired) electrons. The first kappa shape index (κ1) is 12.3. The lowest BCUT2D eigenvalue weighted by molar-refractivity contribution is 0.0616. The van der Waals surface area contributed by atoms with E-state index in [9.17, 15) is 4.79 Å². The fourth-order valence-electron chi connectivity index (χ4n) is 2.44. The Labute approximate surface area is 106 Å². The minimum Gasteiger partial charge on any atom is -0.337 e. The minimum absolute atomic E-state index is 0.0709. The van der Waals surface area contributed by atoms with E-state index in [4.69, 9.17) is 11.6 Å². The maximum atomic E-state index is 12.2. The molecule has 4 nitrogen and oxygen atoms in total. The molecule has 0 aromatic carbocycles. The molecule has 5 heteroatoms. The predicted octanol–water partition coefficient (Wildman–Crippen LogP) is 2.25. The van der Waals surface area contributed by atoms with Crippen molar-refractivity contribution in [3.05, 3.63) is 23.2 Å². The summed E-state index contributed by atoms with van der Waals surface area (Å²) in [6.07, 6.45) is 4.07. The van der Waals surface area contributed by atoms with Crippen LogP contribution in [0.4, 0.5) is 0 Å². The summed E-state index contributed by atoms with van der Waals surface area (Å²) in [5, 5.41) is 0.258. The third-order valence-electron chi connectivity index (χ3n) is 2.98. The molecule has 1 fully saturated rings. The van der Waals surface area contributed by atoms with Crippen LogP contribution >= 0.6 is 11.6 Å². The summed E-state index contributed by atoms with van der Waals surface area (Å²) in [5.41, 5.74) is 0.332. The van der Waals surface area contributed by atoms with Crippen molar-refractivity contribution in [3.8, 4) is 0 Å². The Bertz CT molecular complexity index is 414. The Kier molecular flexibility index (Phi) is 3.62. The van der Waals surface area contributed by atoms with Crippen LogP contribution in [0.3, 0.4) is 0 Å². The average Bonchev–Trinajstić information content (AvgIpc) is 2.26. The molecular formula is C12H16ClN3O. The number of rotatable bonds is 1. The SMILES string of the molecule is CC1CC(C)CN(C(=O)c2cncc(Cl)n2)C1. The van der Waals surface area contributed by atoms with Crippen LogP contribution < -0.4 is 0 Å². The second-order valence-electron chi connectivity index (χ2n) is 4.88. The van der Waals surface area contributed by atoms with E-state index in [2.05, 4.69) is 23.8 Å². The molecule has 1 amide bonds. The lowest BCUT2D eigenvalue weighted by Gasteiger charge is -2.34. The fraction of sp³-hybridized carbons (Fsp3) is 0.583. The zero-order chi connectivity index (χ0) is 12.4. The first-order valence-corrected chi connectivity index (χ1v) is 6.21. The van der Waals surface area contributed by atoms with Gasteiger partial charge in [-0.25, -0.2) is 4.98 Å². The molecule has 1 aliphatic rings. The molecule has 1 saturated heterocycles. The number of nitrogens with zero attached hydrogens (tertiary/aromatic N) is 3. The summed E-state index contributed by atoms with van der Waals surface area (Å²) in [6.45, 7) is 5.91. The molecule has 0 saturated carbocycles. The van der Waals surface area contributed by atoms with E-state index in [0.717, 1.165) is 13.1 Å². The van der Waals surface area contributed by atoms with Crippen LogP contribution in [0.25, 0.3) is 0 Å². The van der Waals surface area contributed by atoms with Gasteiger partial charge in [-0.3, -0.25) is 9.78 Å². The van der Waals surface area contributed by atoms with Crippen LogP contribution in [0.15, 0.2) is 12.4 Å². The number of carbonyl (C=O) groups excluding carboxylic acids is 1. The Hall–Kier alpha value is -1.16. The molecule has 1 aliphatic heterocycles. The summed E-state index contributed by atoms with van der Waals surface area (Å²) in [5.74, 6) is 1.00. The van der Waals surface area contributed by atoms with Gasteiger partial charge in [0.25, 0.3) is 5.91 Å². The summed E-state index contributed by atoms with van der Waals surface area (Å²) in [6, 6.07) is 0. The molecule has 0 bridgehead atoms. The molecule has 2 rings (SSSR count). The highest BCUT2D eigenvalue weighted by Gasteiger charge is 2.26. The van der Waals surface area contributed by atoms with Crippen molar-refractivity contribution < 1.29 is 4.79 Å². The number of hydrogen-bond acceptors (Lipinski definition) is 3. The molecule has 1 aromatic heterocycles. The molecule has 1 aromatic rings. The molecule has 2 atom stereocenters. The fourth-order valence-corrected chi connectivity index (χ4v) is 2.58. The highest BCUT2D eigenvalue weighted by molar-refractivity contribution is 6.29. The molecule has 2 unspecified atom stereocenters. The van der Waals surface area contributed by atoms with Crippen molar-refractivity contribution in [1.29, 1.82) is 0 Å². The molecule has 0 aliphatic carbocycles. The van der Waals surface area contributed by atoms with Crippen LogP contribution in [0.5, 0.6) is 0 Å². The van der Waals surface area contributed by atoms with Gasteiger partial charge in [-0.2, -0.15) is 0 Å². The normalized spacial score (nSPS) is 24.8. The number of carbonyl (C=O) groups is 1. The highest BCUT2D eigenvalue weighted by atomic mass is 35.5. The van der Waals surface area contributed by atoms with Gasteiger partial charge in [0.2, 0.25) is 0 Å². The van der Waals surface area contributed by atoms with E-state index >= 15 is 0 Å². The molecule has 92 valence electrons. The van der Waals surface area contributed by atoms with Crippen molar-refractivity contribution in [2.75, 3.05) is 13.1 Å². The third kappa shape index (κ3) is 2.94. The molecule has 2 heterocycles. The van der Waals surface area contributed by atoms with E-state index in [0.29, 0.717) is 17.5 Å². The molecule has 0 N–H and O–H groups in total. The van der Waals surface area contributed by atoms with E-state index in [1.807, 2.05) is 4.90 Å². The van der Waals surface area contributed by atoms with Crippen LogP contribution in [-0.2, 0) is 0 Å². The Balaban J connectivity index is 2.14. The molecule has 17 heavy (non-hydrogen) atoms. The summed E-state index contributed by atoms with van der Waals surface area (Å²) in [4.78, 5) is 22.0. The van der Waals surface area contributed by atoms with Gasteiger partial charge < -0.3 is 4.90 Å². The second kappa shape index (κ2) is 5.00. The molecular weight excluding hydrogens is 238 g/mol. The third-order valence-corrected chi connectivity index (χ3v) is 3.16. The number of aromatic nitrogens is 2. The Morgan fingerprint density at radius 3 is 2.59 bits per heavy atom. The van der Waals surface area contributed by atoms with Gasteiger partial charge >= 0.3 is 0 Å². The average molecular weight is 254 g/mol. The first-order valence-electron chi connectivity index (χ1n) is 5.83. The quantitative estimate of drug-likeness (QED) is 0.771. The van der Waals surface area contributed by atoms with Gasteiger partial charge in [0.1, 0.15) is 10.8 Å². The first-order chi connectivity index (χ1) is 8.06. The maximum Gasteiger partial charge on any atom is 0.274 e. The standard InChI is InChI=1S/C12H16ClN3O/c1-8-3-9(2)7-16(6-8)12(17)10-4-14-5-11(13)15-10/h4-5,8-9H,3,6-7H2,1-2H3. The number of piperidine rings is 1. The predicted molar refractivity (Wildman–Crippen MR) is 65.9 cm³/mol. The largest absolute Gasteiger partial charge is 0.337 e. The van der Waals surface area contributed by atoms with Crippen LogP contribution in [0, 0.1) is 11.8 Å². The number of hydrogen-bond donors (Lipinski definition) is 0. The second-order valence-corrected chi connectivity index (χ2v) is 5.27. The smallest absolute Gasteiger partial charge is 0.274 e. The summed E-state index contributed by atoms with van der Waals surface area (Å²) in [7, 11) is 0. The minimum atomic E-state index is -0.0709. The zero-order valence-corrected chi connectivity index (χ0v) is 10.8. The van der Waals surface area contributed by atoms with Gasteiger partial charge in [0.05, 0.1) is 12.4 Å². The van der Waals surface area contributed by atoms with Gasteiger partial charge in [0, 0.05) is 13.1 Å². The Morgan fingerprint density at radius 1 is 1.35 bits per heavy atom. The monoisotopic (exact) mass is 253 g/mol. The lowest BCUT2D eigenvalue weighted by Crippen LogP contribution is -2.42. The highest BCUT2D eigenvalue weighted by Crippen LogP contribution is 2.22. The van der Waals surface area contributed by atoms with Gasteiger partial charge in [-0.1, -0.05) is 25.4 Å². The summed E-state index contributed by atoms with van der Waals surface area (Å²) >= 11 is 5.74. The van der Waals surface area contributed by atoms with Crippen molar-refractivity contribution in [2.24, 2.45) is 11.8 Å².